The van der Waals surface area contributed by atoms with Gasteiger partial charge >= 0.3 is 0 Å². The first kappa shape index (κ1) is 12.4. The molecule has 0 radical (unpaired) electrons. The molecule has 2 N–H and O–H groups in total. The third-order valence-corrected chi connectivity index (χ3v) is 2.48. The fourth-order valence-electron chi connectivity index (χ4n) is 1.50. The average Bonchev–Trinajstić information content (AvgIpc) is 2.69. The molecular formula is C9H8N6O4. The van der Waals surface area contributed by atoms with Crippen LogP contribution >= 0.6 is 0 Å². The Balaban J connectivity index is 2.66. The number of hydrogen-bond donors (Lipinski definition) is 1. The molecule has 0 spiro atoms. The topological polar surface area (TPSA) is 143 Å². The van der Waals surface area contributed by atoms with Crippen LogP contribution in [0.3, 0.4) is 0 Å². The van der Waals surface area contributed by atoms with E-state index in [4.69, 9.17) is 5.73 Å². The second kappa shape index (κ2) is 4.33. The molecule has 0 saturated heterocycles. The summed E-state index contributed by atoms with van der Waals surface area (Å²) in [6.45, 7) is 1.60. The molecule has 19 heavy (non-hydrogen) atoms. The lowest BCUT2D eigenvalue weighted by Gasteiger charge is -2.03. The normalized spacial score (nSPS) is 10.4. The summed E-state index contributed by atoms with van der Waals surface area (Å²) in [5, 5.41) is 28.8. The summed E-state index contributed by atoms with van der Waals surface area (Å²) < 4.78 is 1.20. The molecule has 1 heterocycles. The van der Waals surface area contributed by atoms with Crippen molar-refractivity contribution >= 4 is 17.2 Å². The van der Waals surface area contributed by atoms with Gasteiger partial charge in [0, 0.05) is 12.1 Å². The number of rotatable bonds is 3. The largest absolute Gasteiger partial charge is 0.381 e. The maximum absolute atomic E-state index is 10.8. The molecule has 0 aliphatic carbocycles. The molecule has 0 bridgehead atoms. The minimum atomic E-state index is -0.716. The van der Waals surface area contributed by atoms with Crippen LogP contribution in [0.25, 0.3) is 5.69 Å². The van der Waals surface area contributed by atoms with Gasteiger partial charge in [0.05, 0.1) is 27.3 Å². The summed E-state index contributed by atoms with van der Waals surface area (Å²) in [7, 11) is 0. The minimum absolute atomic E-state index is 0.147. The van der Waals surface area contributed by atoms with E-state index in [9.17, 15) is 20.2 Å². The zero-order valence-corrected chi connectivity index (χ0v) is 9.68. The molecule has 0 aliphatic heterocycles. The van der Waals surface area contributed by atoms with Gasteiger partial charge in [0.2, 0.25) is 0 Å². The van der Waals surface area contributed by atoms with E-state index >= 15 is 0 Å². The van der Waals surface area contributed by atoms with Crippen molar-refractivity contribution in [2.45, 2.75) is 6.92 Å². The fourth-order valence-corrected chi connectivity index (χ4v) is 1.50. The molecule has 0 amide bonds. The Morgan fingerprint density at radius 1 is 1.16 bits per heavy atom. The molecule has 2 rings (SSSR count). The summed E-state index contributed by atoms with van der Waals surface area (Å²) >= 11 is 0. The van der Waals surface area contributed by atoms with E-state index in [1.807, 2.05) is 0 Å². The highest BCUT2D eigenvalue weighted by molar-refractivity contribution is 5.54. The van der Waals surface area contributed by atoms with Gasteiger partial charge in [0.15, 0.2) is 5.82 Å². The van der Waals surface area contributed by atoms with Crippen molar-refractivity contribution in [3.8, 4) is 5.69 Å². The number of benzene rings is 1. The van der Waals surface area contributed by atoms with E-state index in [1.54, 1.807) is 6.92 Å². The number of nitro groups is 2. The van der Waals surface area contributed by atoms with Crippen molar-refractivity contribution in [3.63, 3.8) is 0 Å². The van der Waals surface area contributed by atoms with Crippen LogP contribution in [-0.4, -0.2) is 24.8 Å². The summed E-state index contributed by atoms with van der Waals surface area (Å²) in [5.41, 5.74) is 5.30. The van der Waals surface area contributed by atoms with Gasteiger partial charge in [0.1, 0.15) is 0 Å². The predicted octanol–water partition coefficient (Wildman–Crippen LogP) is 0.974. The van der Waals surface area contributed by atoms with Crippen LogP contribution in [0.5, 0.6) is 0 Å². The monoisotopic (exact) mass is 264 g/mol. The Morgan fingerprint density at radius 3 is 2.05 bits per heavy atom. The summed E-state index contributed by atoms with van der Waals surface area (Å²) in [4.78, 5) is 20.1. The second-order valence-corrected chi connectivity index (χ2v) is 3.69. The van der Waals surface area contributed by atoms with Crippen LogP contribution < -0.4 is 5.73 Å². The van der Waals surface area contributed by atoms with Gasteiger partial charge in [-0.15, -0.1) is 5.10 Å². The molecule has 98 valence electrons. The molecule has 10 heteroatoms. The van der Waals surface area contributed by atoms with Crippen LogP contribution in [0.4, 0.5) is 17.2 Å². The first-order valence-corrected chi connectivity index (χ1v) is 5.02. The summed E-state index contributed by atoms with van der Waals surface area (Å²) in [6, 6.07) is 3.20. The Hall–Kier alpha value is -3.04. The molecule has 0 fully saturated rings. The van der Waals surface area contributed by atoms with Gasteiger partial charge in [-0.05, 0) is 6.92 Å². The van der Waals surface area contributed by atoms with E-state index in [-0.39, 0.29) is 11.5 Å². The van der Waals surface area contributed by atoms with E-state index in [0.717, 1.165) is 18.2 Å². The van der Waals surface area contributed by atoms with Gasteiger partial charge in [-0.3, -0.25) is 20.2 Å². The zero-order chi connectivity index (χ0) is 14.2. The van der Waals surface area contributed by atoms with Crippen molar-refractivity contribution in [1.29, 1.82) is 0 Å². The average molecular weight is 264 g/mol. The molecular weight excluding hydrogens is 256 g/mol. The van der Waals surface area contributed by atoms with Crippen molar-refractivity contribution < 1.29 is 9.85 Å². The number of non-ortho nitro benzene ring substituents is 2. The predicted molar refractivity (Wildman–Crippen MR) is 63.8 cm³/mol. The number of nitrogens with two attached hydrogens (primary N) is 1. The molecule has 2 aromatic rings. The zero-order valence-electron chi connectivity index (χ0n) is 9.68. The number of nitrogens with zero attached hydrogens (tertiary/aromatic N) is 5. The lowest BCUT2D eigenvalue weighted by molar-refractivity contribution is -0.394. The highest BCUT2D eigenvalue weighted by atomic mass is 16.6. The Labute approximate surface area is 105 Å². The number of anilines is 1. The highest BCUT2D eigenvalue weighted by Gasteiger charge is 2.19. The number of aromatic nitrogens is 3. The van der Waals surface area contributed by atoms with Crippen LogP contribution in [-0.2, 0) is 0 Å². The smallest absolute Gasteiger partial charge is 0.278 e. The Kier molecular flexibility index (Phi) is 2.83. The molecule has 1 aromatic heterocycles. The Bertz CT molecular complexity index is 647. The van der Waals surface area contributed by atoms with Gasteiger partial charge in [-0.25, -0.2) is 4.68 Å². The standard InChI is InChI=1S/C9H8N6O4/c1-5-9(10)11-12-13(5)6-2-7(14(16)17)4-8(3-6)15(18)19/h2-4H,10H2,1H3. The highest BCUT2D eigenvalue weighted by Crippen LogP contribution is 2.25. The first-order valence-electron chi connectivity index (χ1n) is 5.02. The quantitative estimate of drug-likeness (QED) is 0.642. The maximum atomic E-state index is 10.8. The SMILES string of the molecule is Cc1c(N)nnn1-c1cc([N+](=O)[O-])cc([N+](=O)[O-])c1. The van der Waals surface area contributed by atoms with E-state index < -0.39 is 21.2 Å². The van der Waals surface area contributed by atoms with E-state index in [2.05, 4.69) is 10.3 Å². The van der Waals surface area contributed by atoms with Gasteiger partial charge in [-0.2, -0.15) is 0 Å². The summed E-state index contributed by atoms with van der Waals surface area (Å²) in [6.07, 6.45) is 0. The van der Waals surface area contributed by atoms with Gasteiger partial charge < -0.3 is 5.73 Å². The van der Waals surface area contributed by atoms with Crippen LogP contribution in [0.15, 0.2) is 18.2 Å². The van der Waals surface area contributed by atoms with Gasteiger partial charge in [-0.1, -0.05) is 5.21 Å². The molecule has 0 saturated carbocycles. The molecule has 0 aliphatic rings. The molecule has 10 nitrogen and oxygen atoms in total. The number of hydrogen-bond acceptors (Lipinski definition) is 7. The molecule has 1 aromatic carbocycles. The second-order valence-electron chi connectivity index (χ2n) is 3.69. The number of nitro benzene ring substituents is 2. The molecule has 0 unspecified atom stereocenters. The lowest BCUT2D eigenvalue weighted by atomic mass is 10.2. The molecule has 0 atom stereocenters. The Morgan fingerprint density at radius 2 is 1.68 bits per heavy atom. The van der Waals surface area contributed by atoms with Crippen LogP contribution in [0.2, 0.25) is 0 Å². The van der Waals surface area contributed by atoms with Crippen LogP contribution in [0, 0.1) is 27.2 Å². The third-order valence-electron chi connectivity index (χ3n) is 2.48. The van der Waals surface area contributed by atoms with Crippen molar-refractivity contribution in [1.82, 2.24) is 15.0 Å². The first-order chi connectivity index (χ1) is 8.90. The number of nitrogen functional groups attached to an aromatic ring is 1. The van der Waals surface area contributed by atoms with E-state index in [0.29, 0.717) is 5.69 Å². The van der Waals surface area contributed by atoms with Crippen LogP contribution in [0.1, 0.15) is 5.69 Å². The lowest BCUT2D eigenvalue weighted by Crippen LogP contribution is -2.02. The summed E-state index contributed by atoms with van der Waals surface area (Å²) in [5.74, 6) is 0.147. The van der Waals surface area contributed by atoms with E-state index in [1.165, 1.54) is 4.68 Å². The maximum Gasteiger partial charge on any atom is 0.278 e. The van der Waals surface area contributed by atoms with Crippen molar-refractivity contribution in [2.75, 3.05) is 5.73 Å². The minimum Gasteiger partial charge on any atom is -0.381 e. The van der Waals surface area contributed by atoms with Gasteiger partial charge in [0.25, 0.3) is 11.4 Å². The van der Waals surface area contributed by atoms with Crippen molar-refractivity contribution in [2.24, 2.45) is 0 Å². The third kappa shape index (κ3) is 2.18. The van der Waals surface area contributed by atoms with Crippen molar-refractivity contribution in [3.05, 3.63) is 44.1 Å². The fraction of sp³-hybridized carbons (Fsp3) is 0.111.